The van der Waals surface area contributed by atoms with Gasteiger partial charge in [-0.3, -0.25) is 9.78 Å². The van der Waals surface area contributed by atoms with E-state index in [-0.39, 0.29) is 11.9 Å². The first-order chi connectivity index (χ1) is 16.9. The number of aromatic nitrogens is 1. The zero-order valence-corrected chi connectivity index (χ0v) is 22.0. The van der Waals surface area contributed by atoms with E-state index in [1.807, 2.05) is 36.4 Å². The summed E-state index contributed by atoms with van der Waals surface area (Å²) < 4.78 is 11.7. The van der Waals surface area contributed by atoms with Crippen LogP contribution in [0.3, 0.4) is 0 Å². The first-order valence-electron chi connectivity index (χ1n) is 11.9. The van der Waals surface area contributed by atoms with Gasteiger partial charge in [-0.15, -0.1) is 0 Å². The second kappa shape index (κ2) is 11.4. The number of carbonyl (C=O) groups excluding carboxylic acids is 1. The molecule has 0 unspecified atom stereocenters. The Hall–Kier alpha value is -2.68. The second-order valence-electron chi connectivity index (χ2n) is 8.84. The highest BCUT2D eigenvalue weighted by atomic mass is 79.9. The van der Waals surface area contributed by atoms with Gasteiger partial charge in [0.25, 0.3) is 5.91 Å². The number of methoxy groups -OCH3 is 2. The number of hydrogen-bond acceptors (Lipinski definition) is 6. The number of β-amino-alcohol motifs (C(OH)–C–C–N with tert-alkyl or cyclic N) is 1. The van der Waals surface area contributed by atoms with Crippen LogP contribution in [-0.4, -0.2) is 60.8 Å². The molecule has 0 saturated carbocycles. The van der Waals surface area contributed by atoms with E-state index in [1.165, 1.54) is 0 Å². The molecule has 35 heavy (non-hydrogen) atoms. The van der Waals surface area contributed by atoms with Crippen molar-refractivity contribution in [1.29, 1.82) is 0 Å². The van der Waals surface area contributed by atoms with Crippen LogP contribution in [0.2, 0.25) is 0 Å². The van der Waals surface area contributed by atoms with Gasteiger partial charge in [0.05, 0.1) is 31.4 Å². The summed E-state index contributed by atoms with van der Waals surface area (Å²) in [4.78, 5) is 19.6. The lowest BCUT2D eigenvalue weighted by Gasteiger charge is -2.33. The Morgan fingerprint density at radius 1 is 1.20 bits per heavy atom. The molecule has 2 N–H and O–H groups in total. The van der Waals surface area contributed by atoms with Crippen LogP contribution in [0.15, 0.2) is 47.1 Å². The number of aliphatic hydroxyl groups is 1. The molecule has 1 atom stereocenters. The topological polar surface area (TPSA) is 83.9 Å². The Morgan fingerprint density at radius 2 is 1.97 bits per heavy atom. The van der Waals surface area contributed by atoms with E-state index >= 15 is 0 Å². The normalized spacial score (nSPS) is 15.7. The van der Waals surface area contributed by atoms with Gasteiger partial charge in [0.2, 0.25) is 0 Å². The molecule has 1 aliphatic rings. The van der Waals surface area contributed by atoms with E-state index in [1.54, 1.807) is 20.4 Å². The number of benzene rings is 2. The molecule has 1 aromatic heterocycles. The number of rotatable bonds is 8. The Morgan fingerprint density at radius 3 is 2.66 bits per heavy atom. The Balaban J connectivity index is 1.36. The predicted molar refractivity (Wildman–Crippen MR) is 140 cm³/mol. The van der Waals surface area contributed by atoms with Crippen molar-refractivity contribution in [2.24, 2.45) is 0 Å². The molecule has 4 rings (SSSR count). The van der Waals surface area contributed by atoms with Crippen molar-refractivity contribution >= 4 is 32.7 Å². The lowest BCUT2D eigenvalue weighted by Crippen LogP contribution is -2.45. The fourth-order valence-electron chi connectivity index (χ4n) is 4.64. The smallest absolute Gasteiger partial charge is 0.255 e. The predicted octanol–water partition coefficient (Wildman–Crippen LogP) is 4.50. The number of ether oxygens (including phenoxy) is 2. The molecule has 7 nitrogen and oxygen atoms in total. The SMILES string of the molecule is CCc1cc(OC)c(C(=O)NC2CCN(C[C@H](O)c3ccnc4ccc(OC)cc34)CC2)cc1Br. The molecule has 0 aliphatic carbocycles. The molecule has 1 saturated heterocycles. The number of halogens is 1. The summed E-state index contributed by atoms with van der Waals surface area (Å²) in [5.74, 6) is 1.20. The molecule has 3 aromatic rings. The van der Waals surface area contributed by atoms with Crippen LogP contribution in [0.1, 0.15) is 47.4 Å². The number of aliphatic hydroxyl groups excluding tert-OH is 1. The highest BCUT2D eigenvalue weighted by Gasteiger charge is 2.25. The van der Waals surface area contributed by atoms with E-state index < -0.39 is 6.10 Å². The highest BCUT2D eigenvalue weighted by molar-refractivity contribution is 9.10. The summed E-state index contributed by atoms with van der Waals surface area (Å²) in [5, 5.41) is 15.1. The number of fused-ring (bicyclic) bond motifs is 1. The number of amides is 1. The Kier molecular flexibility index (Phi) is 8.26. The van der Waals surface area contributed by atoms with Crippen LogP contribution in [0.5, 0.6) is 11.5 Å². The number of pyridine rings is 1. The molecule has 2 heterocycles. The van der Waals surface area contributed by atoms with Crippen LogP contribution in [0.25, 0.3) is 10.9 Å². The van der Waals surface area contributed by atoms with Crippen LogP contribution in [0.4, 0.5) is 0 Å². The lowest BCUT2D eigenvalue weighted by molar-refractivity contribution is 0.0829. The quantitative estimate of drug-likeness (QED) is 0.436. The number of nitrogens with one attached hydrogen (secondary N) is 1. The number of aryl methyl sites for hydroxylation is 1. The van der Waals surface area contributed by atoms with Crippen molar-refractivity contribution < 1.29 is 19.4 Å². The number of likely N-dealkylation sites (tertiary alicyclic amines) is 1. The second-order valence-corrected chi connectivity index (χ2v) is 9.70. The number of hydrogen-bond donors (Lipinski definition) is 2. The lowest BCUT2D eigenvalue weighted by atomic mass is 10.0. The van der Waals surface area contributed by atoms with E-state index in [0.717, 1.165) is 64.6 Å². The summed E-state index contributed by atoms with van der Waals surface area (Å²) in [7, 11) is 3.22. The number of piperidine rings is 1. The van der Waals surface area contributed by atoms with E-state index in [2.05, 4.69) is 38.1 Å². The van der Waals surface area contributed by atoms with Crippen molar-refractivity contribution in [3.63, 3.8) is 0 Å². The van der Waals surface area contributed by atoms with Gasteiger partial charge in [-0.05, 0) is 66.8 Å². The molecule has 8 heteroatoms. The summed E-state index contributed by atoms with van der Waals surface area (Å²) in [5.41, 5.74) is 3.32. The summed E-state index contributed by atoms with van der Waals surface area (Å²) in [6.45, 7) is 4.18. The van der Waals surface area contributed by atoms with Gasteiger partial charge < -0.3 is 24.8 Å². The third-order valence-corrected chi connectivity index (χ3v) is 7.43. The van der Waals surface area contributed by atoms with Gasteiger partial charge in [-0.25, -0.2) is 0 Å². The largest absolute Gasteiger partial charge is 0.497 e. The average Bonchev–Trinajstić information content (AvgIpc) is 2.88. The number of nitrogens with zero attached hydrogens (tertiary/aromatic N) is 2. The van der Waals surface area contributed by atoms with E-state index in [9.17, 15) is 9.90 Å². The minimum absolute atomic E-state index is 0.0799. The van der Waals surface area contributed by atoms with Gasteiger partial charge >= 0.3 is 0 Å². The summed E-state index contributed by atoms with van der Waals surface area (Å²) in [6, 6.07) is 11.4. The van der Waals surface area contributed by atoms with Crippen molar-refractivity contribution in [1.82, 2.24) is 15.2 Å². The zero-order valence-electron chi connectivity index (χ0n) is 20.4. The van der Waals surface area contributed by atoms with Crippen LogP contribution in [-0.2, 0) is 6.42 Å². The van der Waals surface area contributed by atoms with Crippen molar-refractivity contribution in [3.05, 3.63) is 63.8 Å². The maximum Gasteiger partial charge on any atom is 0.255 e. The summed E-state index contributed by atoms with van der Waals surface area (Å²) >= 11 is 3.56. The van der Waals surface area contributed by atoms with Gasteiger partial charge in [0.1, 0.15) is 11.5 Å². The van der Waals surface area contributed by atoms with Crippen LogP contribution >= 0.6 is 15.9 Å². The average molecular weight is 542 g/mol. The minimum Gasteiger partial charge on any atom is -0.497 e. The highest BCUT2D eigenvalue weighted by Crippen LogP contribution is 2.29. The van der Waals surface area contributed by atoms with Crippen molar-refractivity contribution in [2.45, 2.75) is 38.3 Å². The fourth-order valence-corrected chi connectivity index (χ4v) is 5.27. The molecule has 1 amide bonds. The van der Waals surface area contributed by atoms with Crippen molar-refractivity contribution in [3.8, 4) is 11.5 Å². The standard InChI is InChI=1S/C27H32BrN3O4/c1-4-17-13-26(35-3)22(15-23(17)28)27(33)30-18-8-11-31(12-9-18)16-25(32)20-7-10-29-24-6-5-19(34-2)14-21(20)24/h5-7,10,13-15,18,25,32H,4,8-9,11-12,16H2,1-3H3,(H,30,33)/t25-/m0/s1. The van der Waals surface area contributed by atoms with Crippen molar-refractivity contribution in [2.75, 3.05) is 33.9 Å². The number of carbonyl (C=O) groups is 1. The van der Waals surface area contributed by atoms with Crippen LogP contribution in [0, 0.1) is 0 Å². The van der Waals surface area contributed by atoms with E-state index in [0.29, 0.717) is 17.9 Å². The zero-order chi connectivity index (χ0) is 24.9. The van der Waals surface area contributed by atoms with Gasteiger partial charge in [-0.2, -0.15) is 0 Å². The van der Waals surface area contributed by atoms with E-state index in [4.69, 9.17) is 9.47 Å². The van der Waals surface area contributed by atoms with Gasteiger partial charge in [-0.1, -0.05) is 22.9 Å². The molecule has 1 aliphatic heterocycles. The third-order valence-electron chi connectivity index (χ3n) is 6.69. The molecule has 1 fully saturated rings. The Bertz CT molecular complexity index is 1190. The first kappa shape index (κ1) is 25.4. The van der Waals surface area contributed by atoms with Crippen LogP contribution < -0.4 is 14.8 Å². The van der Waals surface area contributed by atoms with Gasteiger partial charge in [0, 0.05) is 41.7 Å². The first-order valence-corrected chi connectivity index (χ1v) is 12.7. The maximum atomic E-state index is 13.0. The fraction of sp³-hybridized carbons (Fsp3) is 0.407. The summed E-state index contributed by atoms with van der Waals surface area (Å²) in [6.07, 6.45) is 3.58. The molecule has 0 spiro atoms. The molecular formula is C27H32BrN3O4. The monoisotopic (exact) mass is 541 g/mol. The maximum absolute atomic E-state index is 13.0. The minimum atomic E-state index is -0.641. The molecule has 2 aromatic carbocycles. The molecular weight excluding hydrogens is 510 g/mol. The third kappa shape index (κ3) is 5.77. The molecule has 0 radical (unpaired) electrons. The Labute approximate surface area is 214 Å². The van der Waals surface area contributed by atoms with Gasteiger partial charge in [0.15, 0.2) is 0 Å². The molecule has 0 bridgehead atoms. The molecule has 186 valence electrons.